The number of aromatic nitrogens is 3. The zero-order valence-corrected chi connectivity index (χ0v) is 22.8. The predicted molar refractivity (Wildman–Crippen MR) is 147 cm³/mol. The summed E-state index contributed by atoms with van der Waals surface area (Å²) in [5.74, 6) is -1.44. The third kappa shape index (κ3) is 5.47. The molecule has 200 valence electrons. The summed E-state index contributed by atoms with van der Waals surface area (Å²) in [6.45, 7) is 3.96. The number of aryl methyl sites for hydroxylation is 1. The van der Waals surface area contributed by atoms with E-state index in [4.69, 9.17) is 10.2 Å². The molecule has 0 saturated heterocycles. The van der Waals surface area contributed by atoms with Crippen LogP contribution >= 0.6 is 11.3 Å². The van der Waals surface area contributed by atoms with E-state index in [9.17, 15) is 18.3 Å². The highest BCUT2D eigenvalue weighted by Gasteiger charge is 2.35. The molecule has 4 aromatic rings. The van der Waals surface area contributed by atoms with Crippen LogP contribution in [0.25, 0.3) is 10.7 Å². The molecule has 39 heavy (non-hydrogen) atoms. The number of nitrogens with zero attached hydrogens (tertiary/aromatic N) is 3. The molecule has 3 N–H and O–H groups in total. The highest BCUT2D eigenvalue weighted by Crippen LogP contribution is 2.43. The van der Waals surface area contributed by atoms with Gasteiger partial charge in [0, 0.05) is 23.4 Å². The van der Waals surface area contributed by atoms with Gasteiger partial charge in [0.1, 0.15) is 5.83 Å². The van der Waals surface area contributed by atoms with Crippen LogP contribution in [0.4, 0.5) is 4.39 Å². The van der Waals surface area contributed by atoms with Gasteiger partial charge in [-0.3, -0.25) is 0 Å². The van der Waals surface area contributed by atoms with Crippen molar-refractivity contribution in [3.8, 4) is 5.13 Å². The third-order valence-corrected chi connectivity index (χ3v) is 8.47. The molecule has 0 bridgehead atoms. The first-order valence-electron chi connectivity index (χ1n) is 12.0. The van der Waals surface area contributed by atoms with E-state index in [1.807, 2.05) is 38.1 Å². The molecule has 0 amide bonds. The number of halogens is 1. The zero-order valence-electron chi connectivity index (χ0n) is 21.1. The Morgan fingerprint density at radius 3 is 2.49 bits per heavy atom. The first-order chi connectivity index (χ1) is 18.4. The molecule has 1 atom stereocenters. The van der Waals surface area contributed by atoms with Crippen molar-refractivity contribution in [2.75, 3.05) is 0 Å². The number of carboxylic acids is 1. The fourth-order valence-corrected chi connectivity index (χ4v) is 5.87. The van der Waals surface area contributed by atoms with Crippen molar-refractivity contribution in [3.05, 3.63) is 112 Å². The van der Waals surface area contributed by atoms with Crippen LogP contribution in [0.15, 0.2) is 83.0 Å². The molecule has 0 aliphatic heterocycles. The lowest BCUT2D eigenvalue weighted by atomic mass is 9.74. The van der Waals surface area contributed by atoms with Gasteiger partial charge in [-0.1, -0.05) is 55.0 Å². The number of primary sulfonamides is 1. The number of benzene rings is 2. The number of nitrogens with two attached hydrogens (primary N) is 1. The highest BCUT2D eigenvalue weighted by atomic mass is 32.2. The largest absolute Gasteiger partial charge is 0.476 e. The number of aromatic carboxylic acids is 1. The second kappa shape index (κ2) is 9.99. The molecule has 2 aromatic carbocycles. The molecule has 2 heterocycles. The summed E-state index contributed by atoms with van der Waals surface area (Å²) in [6.07, 6.45) is 5.80. The van der Waals surface area contributed by atoms with Crippen LogP contribution in [-0.2, 0) is 21.9 Å². The monoisotopic (exact) mass is 564 g/mol. The molecule has 0 saturated carbocycles. The fourth-order valence-electron chi connectivity index (χ4n) is 4.63. The van der Waals surface area contributed by atoms with Crippen LogP contribution in [0.2, 0.25) is 0 Å². The fraction of sp³-hybridized carbons (Fsp3) is 0.179. The summed E-state index contributed by atoms with van der Waals surface area (Å²) in [5, 5.41) is 21.2. The normalized spacial score (nSPS) is 17.5. The number of hydrogen-bond acceptors (Lipinski definition) is 6. The highest BCUT2D eigenvalue weighted by molar-refractivity contribution is 7.89. The van der Waals surface area contributed by atoms with Gasteiger partial charge in [0.2, 0.25) is 15.2 Å². The van der Waals surface area contributed by atoms with E-state index in [0.717, 1.165) is 33.6 Å². The van der Waals surface area contributed by atoms with Crippen molar-refractivity contribution in [2.45, 2.75) is 37.0 Å². The minimum atomic E-state index is -3.83. The summed E-state index contributed by atoms with van der Waals surface area (Å²) >= 11 is 1.15. The van der Waals surface area contributed by atoms with Crippen LogP contribution in [0.1, 0.15) is 51.8 Å². The smallest absolute Gasteiger partial charge is 0.355 e. The standard InChI is InChI=1S/C28H25FN4O4S2/c1-17-3-7-19(8-4-17)22-14-28(2,12-11-23(22)29)25-20(13-18-5-9-21(10-6-18)39(30,36)37)15-33(32-25)27-31-24(16-38-27)26(34)35/h3-12,15-16H,13-14H2,1-2H3,(H,34,35)(H2,30,36,37). The van der Waals surface area contributed by atoms with E-state index >= 15 is 4.39 Å². The van der Waals surface area contributed by atoms with E-state index in [1.54, 1.807) is 29.1 Å². The summed E-state index contributed by atoms with van der Waals surface area (Å²) in [7, 11) is -3.83. The molecular weight excluding hydrogens is 539 g/mol. The van der Waals surface area contributed by atoms with E-state index in [1.165, 1.54) is 23.6 Å². The minimum Gasteiger partial charge on any atom is -0.476 e. The number of hydrogen-bond donors (Lipinski definition) is 2. The van der Waals surface area contributed by atoms with Crippen molar-refractivity contribution in [1.82, 2.24) is 14.8 Å². The van der Waals surface area contributed by atoms with Crippen molar-refractivity contribution in [3.63, 3.8) is 0 Å². The Morgan fingerprint density at radius 2 is 1.87 bits per heavy atom. The lowest BCUT2D eigenvalue weighted by Crippen LogP contribution is -2.24. The van der Waals surface area contributed by atoms with E-state index in [2.05, 4.69) is 4.98 Å². The summed E-state index contributed by atoms with van der Waals surface area (Å²) in [6, 6.07) is 14.0. The molecule has 5 rings (SSSR count). The summed E-state index contributed by atoms with van der Waals surface area (Å²) in [5.41, 5.74) is 3.97. The lowest BCUT2D eigenvalue weighted by Gasteiger charge is -2.30. The third-order valence-electron chi connectivity index (χ3n) is 6.71. The van der Waals surface area contributed by atoms with E-state index < -0.39 is 21.4 Å². The Labute approximate surface area is 229 Å². The lowest BCUT2D eigenvalue weighted by molar-refractivity contribution is 0.0691. The van der Waals surface area contributed by atoms with Crippen LogP contribution < -0.4 is 5.14 Å². The zero-order chi connectivity index (χ0) is 27.9. The van der Waals surface area contributed by atoms with Gasteiger partial charge in [-0.15, -0.1) is 11.3 Å². The number of thiazole rings is 1. The molecule has 1 aliphatic carbocycles. The Bertz CT molecular complexity index is 1740. The number of carbonyl (C=O) groups is 1. The second-order valence-corrected chi connectivity index (χ2v) is 12.2. The molecule has 8 nitrogen and oxygen atoms in total. The number of rotatable bonds is 7. The predicted octanol–water partition coefficient (Wildman–Crippen LogP) is 5.17. The van der Waals surface area contributed by atoms with Crippen molar-refractivity contribution in [1.29, 1.82) is 0 Å². The topological polar surface area (TPSA) is 128 Å². The van der Waals surface area contributed by atoms with Crippen molar-refractivity contribution < 1.29 is 22.7 Å². The first kappa shape index (κ1) is 26.7. The van der Waals surface area contributed by atoms with Crippen molar-refractivity contribution >= 4 is 32.9 Å². The Hall–Kier alpha value is -3.93. The van der Waals surface area contributed by atoms with Gasteiger partial charge < -0.3 is 5.11 Å². The van der Waals surface area contributed by atoms with E-state index in [-0.39, 0.29) is 16.4 Å². The number of sulfonamides is 1. The summed E-state index contributed by atoms with van der Waals surface area (Å²) in [4.78, 5) is 15.6. The van der Waals surface area contributed by atoms with Crippen LogP contribution in [0.3, 0.4) is 0 Å². The van der Waals surface area contributed by atoms with E-state index in [0.29, 0.717) is 29.2 Å². The van der Waals surface area contributed by atoms with Gasteiger partial charge >= 0.3 is 5.97 Å². The number of allylic oxidation sites excluding steroid dienone is 4. The maximum absolute atomic E-state index is 15.1. The first-order valence-corrected chi connectivity index (χ1v) is 14.4. The summed E-state index contributed by atoms with van der Waals surface area (Å²) < 4.78 is 40.0. The molecule has 2 aromatic heterocycles. The van der Waals surface area contributed by atoms with Crippen molar-refractivity contribution in [2.24, 2.45) is 5.14 Å². The SMILES string of the molecule is Cc1ccc(C2=C(F)C=CC(C)(c3nn(-c4nc(C(=O)O)cs4)cc3Cc3ccc(S(N)(=O)=O)cc3)C2)cc1. The second-order valence-electron chi connectivity index (χ2n) is 9.75. The van der Waals surface area contributed by atoms with Crippen LogP contribution in [0.5, 0.6) is 0 Å². The van der Waals surface area contributed by atoms with Gasteiger partial charge in [-0.2, -0.15) is 5.10 Å². The molecular formula is C28H25FN4O4S2. The molecule has 1 unspecified atom stereocenters. The van der Waals surface area contributed by atoms with Crippen LogP contribution in [-0.4, -0.2) is 34.3 Å². The Kier molecular flexibility index (Phi) is 6.83. The number of carboxylic acid groups (broad SMARTS) is 1. The molecule has 0 radical (unpaired) electrons. The van der Waals surface area contributed by atoms with Gasteiger partial charge in [0.25, 0.3) is 0 Å². The molecule has 11 heteroatoms. The average Bonchev–Trinajstić information content (AvgIpc) is 3.54. The maximum atomic E-state index is 15.1. The van der Waals surface area contributed by atoms with Gasteiger partial charge in [0.15, 0.2) is 5.69 Å². The Morgan fingerprint density at radius 1 is 1.18 bits per heavy atom. The van der Waals surface area contributed by atoms with Gasteiger partial charge in [0.05, 0.1) is 10.6 Å². The maximum Gasteiger partial charge on any atom is 0.355 e. The molecule has 0 fully saturated rings. The average molecular weight is 565 g/mol. The van der Waals surface area contributed by atoms with Gasteiger partial charge in [-0.25, -0.2) is 32.4 Å². The Balaban J connectivity index is 1.57. The minimum absolute atomic E-state index is 0.0108. The van der Waals surface area contributed by atoms with Crippen LogP contribution in [0, 0.1) is 6.92 Å². The molecule has 0 spiro atoms. The molecule has 1 aliphatic rings. The quantitative estimate of drug-likeness (QED) is 0.319. The van der Waals surface area contributed by atoms with Gasteiger partial charge in [-0.05, 0) is 53.8 Å².